The SMILES string of the molecule is CCOC(=O)C1=C(C)N(C)C(OC)=NC1c1ccc([N+](=O)[O-])cc1. The van der Waals surface area contributed by atoms with Crippen molar-refractivity contribution in [2.45, 2.75) is 19.9 Å². The van der Waals surface area contributed by atoms with Gasteiger partial charge in [-0.25, -0.2) is 9.79 Å². The zero-order chi connectivity index (χ0) is 17.9. The molecule has 0 aliphatic carbocycles. The van der Waals surface area contributed by atoms with E-state index in [1.165, 1.54) is 19.2 Å². The number of nitrogens with zero attached hydrogens (tertiary/aromatic N) is 3. The molecule has 0 bridgehead atoms. The number of allylic oxidation sites excluding steroid dienone is 1. The summed E-state index contributed by atoms with van der Waals surface area (Å²) >= 11 is 0. The maximum absolute atomic E-state index is 12.4. The first-order valence-corrected chi connectivity index (χ1v) is 7.38. The summed E-state index contributed by atoms with van der Waals surface area (Å²) in [5.41, 5.74) is 1.66. The fourth-order valence-electron chi connectivity index (χ4n) is 2.46. The lowest BCUT2D eigenvalue weighted by Crippen LogP contribution is -2.34. The van der Waals surface area contributed by atoms with Crippen molar-refractivity contribution in [3.63, 3.8) is 0 Å². The Morgan fingerprint density at radius 2 is 2.00 bits per heavy atom. The summed E-state index contributed by atoms with van der Waals surface area (Å²) < 4.78 is 10.4. The lowest BCUT2D eigenvalue weighted by atomic mass is 9.96. The van der Waals surface area contributed by atoms with Crippen LogP contribution < -0.4 is 0 Å². The number of carbonyl (C=O) groups is 1. The van der Waals surface area contributed by atoms with E-state index in [1.807, 2.05) is 0 Å². The molecule has 0 aromatic heterocycles. The molecule has 128 valence electrons. The molecule has 1 aromatic rings. The molecule has 8 heteroatoms. The number of aliphatic imine (C=N–C) groups is 1. The molecule has 0 spiro atoms. The predicted octanol–water partition coefficient (Wildman–Crippen LogP) is 2.42. The molecule has 8 nitrogen and oxygen atoms in total. The van der Waals surface area contributed by atoms with Crippen LogP contribution in [0.25, 0.3) is 0 Å². The summed E-state index contributed by atoms with van der Waals surface area (Å²) in [6.45, 7) is 3.75. The standard InChI is InChI=1S/C16H19N3O5/c1-5-24-15(20)13-10(2)18(3)16(23-4)17-14(13)11-6-8-12(9-7-11)19(21)22/h6-9,14H,5H2,1-4H3. The van der Waals surface area contributed by atoms with Crippen LogP contribution in [0.4, 0.5) is 5.69 Å². The van der Waals surface area contributed by atoms with E-state index < -0.39 is 16.9 Å². The number of esters is 1. The Morgan fingerprint density at radius 1 is 1.38 bits per heavy atom. The topological polar surface area (TPSA) is 94.3 Å². The fraction of sp³-hybridized carbons (Fsp3) is 0.375. The molecule has 1 aromatic carbocycles. The summed E-state index contributed by atoms with van der Waals surface area (Å²) in [5.74, 6) is -0.468. The Kier molecular flexibility index (Phi) is 5.18. The lowest BCUT2D eigenvalue weighted by molar-refractivity contribution is -0.384. The van der Waals surface area contributed by atoms with Gasteiger partial charge in [0.15, 0.2) is 0 Å². The number of amidine groups is 1. The summed E-state index contributed by atoms with van der Waals surface area (Å²) in [7, 11) is 3.23. The summed E-state index contributed by atoms with van der Waals surface area (Å²) in [5, 5.41) is 10.8. The molecule has 0 radical (unpaired) electrons. The minimum atomic E-state index is -0.643. The van der Waals surface area contributed by atoms with Crippen LogP contribution in [0.2, 0.25) is 0 Å². The van der Waals surface area contributed by atoms with E-state index in [4.69, 9.17) is 9.47 Å². The molecule has 0 amide bonds. The van der Waals surface area contributed by atoms with Crippen LogP contribution in [0.15, 0.2) is 40.5 Å². The van der Waals surface area contributed by atoms with Crippen LogP contribution in [-0.4, -0.2) is 42.6 Å². The smallest absolute Gasteiger partial charge is 0.338 e. The highest BCUT2D eigenvalue weighted by molar-refractivity contribution is 5.94. The van der Waals surface area contributed by atoms with Crippen molar-refractivity contribution in [2.75, 3.05) is 20.8 Å². The first-order chi connectivity index (χ1) is 11.4. The number of nitro groups is 1. The van der Waals surface area contributed by atoms with E-state index in [2.05, 4.69) is 4.99 Å². The summed E-state index contributed by atoms with van der Waals surface area (Å²) in [6, 6.07) is 5.64. The number of non-ortho nitro benzene ring substituents is 1. The van der Waals surface area contributed by atoms with E-state index in [-0.39, 0.29) is 12.3 Å². The van der Waals surface area contributed by atoms with Gasteiger partial charge in [0.1, 0.15) is 6.04 Å². The van der Waals surface area contributed by atoms with E-state index in [1.54, 1.807) is 37.9 Å². The number of ether oxygens (including phenoxy) is 2. The second kappa shape index (κ2) is 7.12. The van der Waals surface area contributed by atoms with Gasteiger partial charge in [-0.1, -0.05) is 0 Å². The molecule has 0 fully saturated rings. The number of methoxy groups -OCH3 is 1. The van der Waals surface area contributed by atoms with Crippen LogP contribution in [0, 0.1) is 10.1 Å². The number of benzene rings is 1. The number of nitro benzene ring substituents is 1. The number of carbonyl (C=O) groups excluding carboxylic acids is 1. The van der Waals surface area contributed by atoms with Crippen molar-refractivity contribution in [3.05, 3.63) is 51.2 Å². The van der Waals surface area contributed by atoms with Crippen molar-refractivity contribution in [1.29, 1.82) is 0 Å². The number of rotatable bonds is 4. The molecule has 0 saturated carbocycles. The van der Waals surface area contributed by atoms with Crippen molar-refractivity contribution < 1.29 is 19.2 Å². The maximum atomic E-state index is 12.4. The molecule has 0 N–H and O–H groups in total. The van der Waals surface area contributed by atoms with Gasteiger partial charge >= 0.3 is 5.97 Å². The normalized spacial score (nSPS) is 17.4. The Labute approximate surface area is 139 Å². The Bertz CT molecular complexity index is 709. The van der Waals surface area contributed by atoms with Gasteiger partial charge in [-0.2, -0.15) is 0 Å². The second-order valence-electron chi connectivity index (χ2n) is 5.15. The average molecular weight is 333 g/mol. The van der Waals surface area contributed by atoms with Crippen molar-refractivity contribution in [3.8, 4) is 0 Å². The van der Waals surface area contributed by atoms with Gasteiger partial charge in [-0.3, -0.25) is 10.1 Å². The van der Waals surface area contributed by atoms with Gasteiger partial charge in [-0.15, -0.1) is 0 Å². The van der Waals surface area contributed by atoms with Gasteiger partial charge in [0.05, 0.1) is 24.2 Å². The molecule has 1 heterocycles. The van der Waals surface area contributed by atoms with Crippen LogP contribution in [-0.2, 0) is 14.3 Å². The molecular formula is C16H19N3O5. The van der Waals surface area contributed by atoms with Gasteiger partial charge in [-0.05, 0) is 31.5 Å². The largest absolute Gasteiger partial charge is 0.468 e. The van der Waals surface area contributed by atoms with Gasteiger partial charge in [0.2, 0.25) is 0 Å². The molecule has 1 aliphatic rings. The Morgan fingerprint density at radius 3 is 2.50 bits per heavy atom. The van der Waals surface area contributed by atoms with Crippen LogP contribution >= 0.6 is 0 Å². The molecule has 1 unspecified atom stereocenters. The Balaban J connectivity index is 2.50. The highest BCUT2D eigenvalue weighted by atomic mass is 16.6. The first-order valence-electron chi connectivity index (χ1n) is 7.38. The third kappa shape index (κ3) is 3.22. The first kappa shape index (κ1) is 17.5. The zero-order valence-electron chi connectivity index (χ0n) is 14.0. The van der Waals surface area contributed by atoms with Gasteiger partial charge in [0, 0.05) is 24.9 Å². The summed E-state index contributed by atoms with van der Waals surface area (Å²) in [6.07, 6.45) is 0. The van der Waals surface area contributed by atoms with E-state index >= 15 is 0 Å². The van der Waals surface area contributed by atoms with Crippen LogP contribution in [0.3, 0.4) is 0 Å². The van der Waals surface area contributed by atoms with E-state index in [0.717, 1.165) is 0 Å². The minimum absolute atomic E-state index is 0.0268. The van der Waals surface area contributed by atoms with Gasteiger partial charge in [0.25, 0.3) is 11.7 Å². The van der Waals surface area contributed by atoms with Crippen LogP contribution in [0.5, 0.6) is 0 Å². The van der Waals surface area contributed by atoms with Crippen molar-refractivity contribution >= 4 is 17.7 Å². The summed E-state index contributed by atoms with van der Waals surface area (Å²) in [4.78, 5) is 28.8. The monoisotopic (exact) mass is 333 g/mol. The third-order valence-electron chi connectivity index (χ3n) is 3.79. The zero-order valence-corrected chi connectivity index (χ0v) is 14.0. The van der Waals surface area contributed by atoms with E-state index in [9.17, 15) is 14.9 Å². The predicted molar refractivity (Wildman–Crippen MR) is 87.4 cm³/mol. The highest BCUT2D eigenvalue weighted by Gasteiger charge is 2.33. The molecule has 0 saturated heterocycles. The third-order valence-corrected chi connectivity index (χ3v) is 3.79. The average Bonchev–Trinajstić information content (AvgIpc) is 2.57. The second-order valence-corrected chi connectivity index (χ2v) is 5.15. The maximum Gasteiger partial charge on any atom is 0.338 e. The fourth-order valence-corrected chi connectivity index (χ4v) is 2.46. The molecule has 1 atom stereocenters. The van der Waals surface area contributed by atoms with Gasteiger partial charge < -0.3 is 14.4 Å². The quantitative estimate of drug-likeness (QED) is 0.477. The van der Waals surface area contributed by atoms with Crippen molar-refractivity contribution in [2.24, 2.45) is 4.99 Å². The van der Waals surface area contributed by atoms with E-state index in [0.29, 0.717) is 22.9 Å². The molecule has 24 heavy (non-hydrogen) atoms. The molecular weight excluding hydrogens is 314 g/mol. The Hall–Kier alpha value is -2.90. The minimum Gasteiger partial charge on any atom is -0.468 e. The number of hydrogen-bond donors (Lipinski definition) is 0. The molecule has 2 rings (SSSR count). The highest BCUT2D eigenvalue weighted by Crippen LogP contribution is 2.34. The van der Waals surface area contributed by atoms with Crippen LogP contribution in [0.1, 0.15) is 25.5 Å². The van der Waals surface area contributed by atoms with Crippen molar-refractivity contribution in [1.82, 2.24) is 4.90 Å². The number of hydrogen-bond acceptors (Lipinski definition) is 7. The lowest BCUT2D eigenvalue weighted by Gasteiger charge is -2.30. The molecule has 1 aliphatic heterocycles.